The van der Waals surface area contributed by atoms with Gasteiger partial charge in [-0.2, -0.15) is 0 Å². The maximum Gasteiger partial charge on any atom is 0.310 e. The summed E-state index contributed by atoms with van der Waals surface area (Å²) in [4.78, 5) is 13.5. The number of esters is 1. The number of carbonyl (C=O) groups excluding carboxylic acids is 1. The zero-order valence-corrected chi connectivity index (χ0v) is 13.5. The van der Waals surface area contributed by atoms with E-state index in [0.717, 1.165) is 11.4 Å². The van der Waals surface area contributed by atoms with E-state index in [2.05, 4.69) is 54.2 Å². The van der Waals surface area contributed by atoms with Gasteiger partial charge in [-0.05, 0) is 31.5 Å². The average Bonchev–Trinajstić information content (AvgIpc) is 2.93. The summed E-state index contributed by atoms with van der Waals surface area (Å²) in [7, 11) is 1.42. The summed E-state index contributed by atoms with van der Waals surface area (Å²) in [6.45, 7) is 5.06. The normalized spacial score (nSPS) is 12.1. The standard InChI is InChI=1S/C17H21NO2S/c1-12-4-6-14(7-5-12)13(2)18-11-16-9-8-15(21-16)10-17(19)20-3/h4-9,13,18H,10-11H2,1-3H3. The molecule has 0 fully saturated rings. The Kier molecular flexibility index (Phi) is 5.53. The van der Waals surface area contributed by atoms with Gasteiger partial charge in [0.15, 0.2) is 0 Å². The number of hydrogen-bond donors (Lipinski definition) is 1. The molecular formula is C17H21NO2S. The summed E-state index contributed by atoms with van der Waals surface area (Å²) in [5.74, 6) is -0.190. The van der Waals surface area contributed by atoms with Crippen LogP contribution >= 0.6 is 11.3 Å². The summed E-state index contributed by atoms with van der Waals surface area (Å²) in [5, 5.41) is 3.51. The number of rotatable bonds is 6. The van der Waals surface area contributed by atoms with Gasteiger partial charge in [-0.25, -0.2) is 0 Å². The molecule has 112 valence electrons. The van der Waals surface area contributed by atoms with Crippen molar-refractivity contribution in [2.45, 2.75) is 32.9 Å². The third-order valence-corrected chi connectivity index (χ3v) is 4.51. The molecule has 0 saturated carbocycles. The quantitative estimate of drug-likeness (QED) is 0.828. The lowest BCUT2D eigenvalue weighted by Gasteiger charge is -2.13. The third kappa shape index (κ3) is 4.69. The molecule has 21 heavy (non-hydrogen) atoms. The van der Waals surface area contributed by atoms with Crippen LogP contribution < -0.4 is 5.32 Å². The van der Waals surface area contributed by atoms with Crippen LogP contribution in [0.25, 0.3) is 0 Å². The van der Waals surface area contributed by atoms with Crippen molar-refractivity contribution in [3.8, 4) is 0 Å². The number of hydrogen-bond acceptors (Lipinski definition) is 4. The first-order valence-electron chi connectivity index (χ1n) is 7.03. The number of ether oxygens (including phenoxy) is 1. The maximum atomic E-state index is 11.2. The molecule has 0 saturated heterocycles. The highest BCUT2D eigenvalue weighted by atomic mass is 32.1. The van der Waals surface area contributed by atoms with E-state index >= 15 is 0 Å². The number of thiophene rings is 1. The lowest BCUT2D eigenvalue weighted by Crippen LogP contribution is -2.17. The van der Waals surface area contributed by atoms with E-state index in [4.69, 9.17) is 0 Å². The second-order valence-corrected chi connectivity index (χ2v) is 6.39. The van der Waals surface area contributed by atoms with Gasteiger partial charge in [0.25, 0.3) is 0 Å². The topological polar surface area (TPSA) is 38.3 Å². The molecule has 3 nitrogen and oxygen atoms in total. The molecule has 1 unspecified atom stereocenters. The van der Waals surface area contributed by atoms with Gasteiger partial charge in [0, 0.05) is 22.3 Å². The van der Waals surface area contributed by atoms with E-state index in [1.807, 2.05) is 6.07 Å². The number of benzene rings is 1. The lowest BCUT2D eigenvalue weighted by molar-refractivity contribution is -0.139. The second-order valence-electron chi connectivity index (χ2n) is 5.13. The van der Waals surface area contributed by atoms with E-state index in [1.165, 1.54) is 23.1 Å². The van der Waals surface area contributed by atoms with Crippen LogP contribution in [-0.2, 0) is 22.5 Å². The molecule has 1 aromatic heterocycles. The van der Waals surface area contributed by atoms with Gasteiger partial charge in [-0.15, -0.1) is 11.3 Å². The molecule has 2 aromatic rings. The smallest absolute Gasteiger partial charge is 0.310 e. The molecule has 0 aliphatic heterocycles. The number of carbonyl (C=O) groups is 1. The number of aryl methyl sites for hydroxylation is 1. The van der Waals surface area contributed by atoms with E-state index in [-0.39, 0.29) is 5.97 Å². The van der Waals surface area contributed by atoms with Crippen LogP contribution in [-0.4, -0.2) is 13.1 Å². The first-order chi connectivity index (χ1) is 10.1. The number of nitrogens with one attached hydrogen (secondary N) is 1. The molecule has 2 rings (SSSR count). The Morgan fingerprint density at radius 1 is 1.19 bits per heavy atom. The molecular weight excluding hydrogens is 282 g/mol. The molecule has 0 radical (unpaired) electrons. The van der Waals surface area contributed by atoms with Crippen LogP contribution in [0.4, 0.5) is 0 Å². The highest BCUT2D eigenvalue weighted by Crippen LogP contribution is 2.19. The van der Waals surface area contributed by atoms with Gasteiger partial charge in [0.1, 0.15) is 0 Å². The first kappa shape index (κ1) is 15.7. The summed E-state index contributed by atoms with van der Waals surface area (Å²) in [6.07, 6.45) is 0.356. The average molecular weight is 303 g/mol. The first-order valence-corrected chi connectivity index (χ1v) is 7.84. The van der Waals surface area contributed by atoms with Crippen molar-refractivity contribution < 1.29 is 9.53 Å². The summed E-state index contributed by atoms with van der Waals surface area (Å²) in [5.41, 5.74) is 2.56. The fourth-order valence-electron chi connectivity index (χ4n) is 2.05. The minimum Gasteiger partial charge on any atom is -0.469 e. The van der Waals surface area contributed by atoms with E-state index in [9.17, 15) is 4.79 Å². The molecule has 0 amide bonds. The van der Waals surface area contributed by atoms with Crippen molar-refractivity contribution in [3.05, 3.63) is 57.3 Å². The van der Waals surface area contributed by atoms with Crippen LogP contribution in [0.2, 0.25) is 0 Å². The van der Waals surface area contributed by atoms with E-state index in [0.29, 0.717) is 12.5 Å². The SMILES string of the molecule is COC(=O)Cc1ccc(CNC(C)c2ccc(C)cc2)s1. The monoisotopic (exact) mass is 303 g/mol. The van der Waals surface area contributed by atoms with Gasteiger partial charge >= 0.3 is 5.97 Å². The van der Waals surface area contributed by atoms with Crippen LogP contribution in [0.3, 0.4) is 0 Å². The molecule has 0 bridgehead atoms. The molecule has 1 atom stereocenters. The molecule has 1 heterocycles. The fraction of sp³-hybridized carbons (Fsp3) is 0.353. The van der Waals surface area contributed by atoms with Gasteiger partial charge in [0.2, 0.25) is 0 Å². The molecule has 0 aliphatic carbocycles. The largest absolute Gasteiger partial charge is 0.469 e. The summed E-state index contributed by atoms with van der Waals surface area (Å²) in [6, 6.07) is 12.9. The molecule has 1 N–H and O–H groups in total. The Morgan fingerprint density at radius 2 is 1.86 bits per heavy atom. The van der Waals surface area contributed by atoms with Crippen LogP contribution in [0, 0.1) is 6.92 Å². The molecule has 0 aliphatic rings. The van der Waals surface area contributed by atoms with Gasteiger partial charge in [0.05, 0.1) is 13.5 Å². The molecule has 1 aromatic carbocycles. The Bertz CT molecular complexity index is 589. The van der Waals surface area contributed by atoms with Gasteiger partial charge in [-0.1, -0.05) is 29.8 Å². The van der Waals surface area contributed by atoms with Crippen molar-refractivity contribution in [2.75, 3.05) is 7.11 Å². The second kappa shape index (κ2) is 7.38. The zero-order chi connectivity index (χ0) is 15.2. The van der Waals surface area contributed by atoms with Crippen molar-refractivity contribution in [1.29, 1.82) is 0 Å². The molecule has 4 heteroatoms. The highest BCUT2D eigenvalue weighted by Gasteiger charge is 2.08. The summed E-state index contributed by atoms with van der Waals surface area (Å²) < 4.78 is 4.68. The van der Waals surface area contributed by atoms with Crippen LogP contribution in [0.15, 0.2) is 36.4 Å². The number of methoxy groups -OCH3 is 1. The van der Waals surface area contributed by atoms with Crippen molar-refractivity contribution in [1.82, 2.24) is 5.32 Å². The van der Waals surface area contributed by atoms with Crippen LogP contribution in [0.5, 0.6) is 0 Å². The predicted molar refractivity (Wildman–Crippen MR) is 86.5 cm³/mol. The minimum absolute atomic E-state index is 0.190. The van der Waals surface area contributed by atoms with Gasteiger partial charge in [-0.3, -0.25) is 4.79 Å². The molecule has 0 spiro atoms. The van der Waals surface area contributed by atoms with Crippen molar-refractivity contribution in [3.63, 3.8) is 0 Å². The Labute approximate surface area is 130 Å². The predicted octanol–water partition coefficient (Wildman–Crippen LogP) is 3.62. The minimum atomic E-state index is -0.190. The highest BCUT2D eigenvalue weighted by molar-refractivity contribution is 7.12. The fourth-order valence-corrected chi connectivity index (χ4v) is 3.01. The summed E-state index contributed by atoms with van der Waals surface area (Å²) >= 11 is 1.65. The van der Waals surface area contributed by atoms with E-state index < -0.39 is 0 Å². The Morgan fingerprint density at radius 3 is 2.52 bits per heavy atom. The van der Waals surface area contributed by atoms with Crippen molar-refractivity contribution >= 4 is 17.3 Å². The third-order valence-electron chi connectivity index (χ3n) is 3.42. The lowest BCUT2D eigenvalue weighted by atomic mass is 10.1. The van der Waals surface area contributed by atoms with Crippen LogP contribution in [0.1, 0.15) is 33.8 Å². The van der Waals surface area contributed by atoms with Crippen molar-refractivity contribution in [2.24, 2.45) is 0 Å². The van der Waals surface area contributed by atoms with E-state index in [1.54, 1.807) is 11.3 Å². The zero-order valence-electron chi connectivity index (χ0n) is 12.7. The Balaban J connectivity index is 1.88. The van der Waals surface area contributed by atoms with Gasteiger partial charge < -0.3 is 10.1 Å². The maximum absolute atomic E-state index is 11.2. The Hall–Kier alpha value is -1.65.